The molecule has 0 bridgehead atoms. The lowest BCUT2D eigenvalue weighted by molar-refractivity contribution is -0.126. The quantitative estimate of drug-likeness (QED) is 0.569. The number of nitrogens with zero attached hydrogens (tertiary/aromatic N) is 1. The van der Waals surface area contributed by atoms with Gasteiger partial charge in [-0.15, -0.1) is 0 Å². The molecule has 2 heterocycles. The maximum atomic E-state index is 13.1. The SMILES string of the molecule is C=C1CCC(N2Cc3cc(C[C@H]4CCCC[C@@H]4N[C@H]4CC[C@@H](OC(C)C)CC4)ccc3C2=O)C(=O)N1. The molecular weight excluding hydrogens is 450 g/mol. The molecule has 3 atom stereocenters. The molecular formula is C30H43N3O3. The van der Waals surface area contributed by atoms with E-state index in [1.54, 1.807) is 4.90 Å². The van der Waals surface area contributed by atoms with Gasteiger partial charge in [-0.1, -0.05) is 31.6 Å². The summed E-state index contributed by atoms with van der Waals surface area (Å²) in [4.78, 5) is 27.3. The monoisotopic (exact) mass is 493 g/mol. The van der Waals surface area contributed by atoms with Crippen LogP contribution in [0.1, 0.15) is 99.5 Å². The Balaban J connectivity index is 1.20. The highest BCUT2D eigenvalue weighted by Gasteiger charge is 2.38. The Labute approximate surface area is 216 Å². The molecule has 36 heavy (non-hydrogen) atoms. The molecule has 1 unspecified atom stereocenters. The molecule has 6 nitrogen and oxygen atoms in total. The number of carbonyl (C=O) groups is 2. The van der Waals surface area contributed by atoms with Crippen molar-refractivity contribution in [3.63, 3.8) is 0 Å². The fraction of sp³-hybridized carbons (Fsp3) is 0.667. The summed E-state index contributed by atoms with van der Waals surface area (Å²) in [6.07, 6.45) is 13.0. The molecule has 0 radical (unpaired) electrons. The van der Waals surface area contributed by atoms with E-state index in [4.69, 9.17) is 4.74 Å². The molecule has 2 saturated carbocycles. The van der Waals surface area contributed by atoms with Gasteiger partial charge in [0.25, 0.3) is 5.91 Å². The molecule has 2 amide bonds. The maximum absolute atomic E-state index is 13.1. The minimum atomic E-state index is -0.396. The van der Waals surface area contributed by atoms with Crippen LogP contribution in [-0.4, -0.2) is 47.0 Å². The third-order valence-corrected chi connectivity index (χ3v) is 8.70. The van der Waals surface area contributed by atoms with Crippen molar-refractivity contribution >= 4 is 11.8 Å². The largest absolute Gasteiger partial charge is 0.376 e. The molecule has 1 aromatic carbocycles. The van der Waals surface area contributed by atoms with Gasteiger partial charge in [0.2, 0.25) is 5.91 Å². The van der Waals surface area contributed by atoms with Crippen LogP contribution in [0.4, 0.5) is 0 Å². The van der Waals surface area contributed by atoms with E-state index >= 15 is 0 Å². The average Bonchev–Trinajstić information content (AvgIpc) is 3.16. The van der Waals surface area contributed by atoms with E-state index in [1.807, 2.05) is 6.07 Å². The number of benzene rings is 1. The number of ether oxygens (including phenoxy) is 1. The van der Waals surface area contributed by atoms with Crippen LogP contribution in [0.3, 0.4) is 0 Å². The topological polar surface area (TPSA) is 70.7 Å². The van der Waals surface area contributed by atoms with Gasteiger partial charge in [0.1, 0.15) is 6.04 Å². The molecule has 196 valence electrons. The summed E-state index contributed by atoms with van der Waals surface area (Å²) in [6.45, 7) is 8.65. The maximum Gasteiger partial charge on any atom is 0.255 e. The lowest BCUT2D eigenvalue weighted by Crippen LogP contribution is -2.49. The Morgan fingerprint density at radius 3 is 2.61 bits per heavy atom. The molecule has 2 N–H and O–H groups in total. The first-order chi connectivity index (χ1) is 17.4. The van der Waals surface area contributed by atoms with Gasteiger partial charge in [-0.05, 0) is 94.7 Å². The molecule has 1 aromatic rings. The van der Waals surface area contributed by atoms with E-state index in [0.717, 1.165) is 42.5 Å². The highest BCUT2D eigenvalue weighted by Crippen LogP contribution is 2.33. The minimum absolute atomic E-state index is 0.0153. The van der Waals surface area contributed by atoms with Gasteiger partial charge >= 0.3 is 0 Å². The van der Waals surface area contributed by atoms with Crippen molar-refractivity contribution < 1.29 is 14.3 Å². The fourth-order valence-electron chi connectivity index (χ4n) is 6.86. The van der Waals surface area contributed by atoms with Crippen molar-refractivity contribution in [1.82, 2.24) is 15.5 Å². The van der Waals surface area contributed by atoms with E-state index in [9.17, 15) is 9.59 Å². The van der Waals surface area contributed by atoms with Crippen LogP contribution in [0.5, 0.6) is 0 Å². The molecule has 2 aliphatic carbocycles. The summed E-state index contributed by atoms with van der Waals surface area (Å²) in [7, 11) is 0. The molecule has 2 aliphatic heterocycles. The molecule has 6 heteroatoms. The highest BCUT2D eigenvalue weighted by atomic mass is 16.5. The van der Waals surface area contributed by atoms with Crippen LogP contribution >= 0.6 is 0 Å². The Morgan fingerprint density at radius 2 is 1.86 bits per heavy atom. The number of carbonyl (C=O) groups excluding carboxylic acids is 2. The van der Waals surface area contributed by atoms with Crippen LogP contribution in [0, 0.1) is 5.92 Å². The predicted octanol–water partition coefficient (Wildman–Crippen LogP) is 4.86. The number of allylic oxidation sites excluding steroid dienone is 1. The predicted molar refractivity (Wildman–Crippen MR) is 141 cm³/mol. The standard InChI is InChI=1S/C30H43N3O3/c1-19(2)36-25-12-10-24(11-13-25)32-27-7-5-4-6-22(27)16-21-9-14-26-23(17-21)18-33(30(26)35)28-15-8-20(3)31-29(28)34/h9,14,17,19,22,24-25,27-28,32H,3-8,10-13,15-16,18H2,1-2H3,(H,31,34)/t22-,24-,25+,27+,28?/m1/s1. The molecule has 1 saturated heterocycles. The van der Waals surface area contributed by atoms with Gasteiger partial charge in [-0.3, -0.25) is 9.59 Å². The second-order valence-electron chi connectivity index (χ2n) is 11.8. The second kappa shape index (κ2) is 11.1. The molecule has 0 spiro atoms. The number of hydrogen-bond acceptors (Lipinski definition) is 4. The Morgan fingerprint density at radius 1 is 1.08 bits per heavy atom. The van der Waals surface area contributed by atoms with Crippen molar-refractivity contribution in [3.8, 4) is 0 Å². The Kier molecular flexibility index (Phi) is 7.82. The first-order valence-corrected chi connectivity index (χ1v) is 14.2. The van der Waals surface area contributed by atoms with Gasteiger partial charge < -0.3 is 20.3 Å². The van der Waals surface area contributed by atoms with Crippen molar-refractivity contribution in [2.24, 2.45) is 5.92 Å². The number of fused-ring (bicyclic) bond motifs is 1. The van der Waals surface area contributed by atoms with Crippen LogP contribution in [0.25, 0.3) is 0 Å². The Bertz CT molecular complexity index is 982. The van der Waals surface area contributed by atoms with Gasteiger partial charge in [0.05, 0.1) is 12.2 Å². The number of amides is 2. The third-order valence-electron chi connectivity index (χ3n) is 8.70. The van der Waals surface area contributed by atoms with E-state index < -0.39 is 6.04 Å². The minimum Gasteiger partial charge on any atom is -0.376 e. The molecule has 0 aromatic heterocycles. The fourth-order valence-corrected chi connectivity index (χ4v) is 6.86. The van der Waals surface area contributed by atoms with E-state index in [2.05, 4.69) is 43.2 Å². The van der Waals surface area contributed by atoms with E-state index in [-0.39, 0.29) is 11.8 Å². The summed E-state index contributed by atoms with van der Waals surface area (Å²) in [5.74, 6) is 0.511. The smallest absolute Gasteiger partial charge is 0.255 e. The zero-order chi connectivity index (χ0) is 25.2. The van der Waals surface area contributed by atoms with Crippen molar-refractivity contribution in [1.29, 1.82) is 0 Å². The average molecular weight is 494 g/mol. The molecule has 5 rings (SSSR count). The summed E-state index contributed by atoms with van der Waals surface area (Å²) in [5.41, 5.74) is 3.89. The zero-order valence-corrected chi connectivity index (χ0v) is 22.1. The van der Waals surface area contributed by atoms with Gasteiger partial charge in [0, 0.05) is 29.9 Å². The molecule has 4 aliphatic rings. The van der Waals surface area contributed by atoms with Crippen LogP contribution < -0.4 is 10.6 Å². The zero-order valence-electron chi connectivity index (χ0n) is 22.1. The lowest BCUT2D eigenvalue weighted by Gasteiger charge is -2.38. The van der Waals surface area contributed by atoms with Gasteiger partial charge in [-0.2, -0.15) is 0 Å². The Hall–Kier alpha value is -2.18. The van der Waals surface area contributed by atoms with Crippen molar-refractivity contribution in [2.75, 3.05) is 0 Å². The normalized spacial score (nSPS) is 31.0. The van der Waals surface area contributed by atoms with Crippen LogP contribution in [-0.2, 0) is 22.5 Å². The number of nitrogens with one attached hydrogen (secondary N) is 2. The lowest BCUT2D eigenvalue weighted by atomic mass is 9.79. The van der Waals surface area contributed by atoms with Crippen LogP contribution in [0.2, 0.25) is 0 Å². The van der Waals surface area contributed by atoms with Gasteiger partial charge in [0.15, 0.2) is 0 Å². The van der Waals surface area contributed by atoms with Crippen molar-refractivity contribution in [2.45, 2.75) is 121 Å². The summed E-state index contributed by atoms with van der Waals surface area (Å²) >= 11 is 0. The summed E-state index contributed by atoms with van der Waals surface area (Å²) < 4.78 is 6.05. The second-order valence-corrected chi connectivity index (χ2v) is 11.8. The third kappa shape index (κ3) is 5.70. The van der Waals surface area contributed by atoms with Crippen molar-refractivity contribution in [3.05, 3.63) is 47.2 Å². The van der Waals surface area contributed by atoms with Gasteiger partial charge in [-0.25, -0.2) is 0 Å². The van der Waals surface area contributed by atoms with E-state index in [0.29, 0.717) is 43.2 Å². The number of hydrogen-bond donors (Lipinski definition) is 2. The van der Waals surface area contributed by atoms with Crippen LogP contribution in [0.15, 0.2) is 30.5 Å². The van der Waals surface area contributed by atoms with E-state index in [1.165, 1.54) is 44.1 Å². The summed E-state index contributed by atoms with van der Waals surface area (Å²) in [6, 6.07) is 7.14. The first-order valence-electron chi connectivity index (χ1n) is 14.2. The number of rotatable bonds is 7. The first kappa shape index (κ1) is 25.5. The summed E-state index contributed by atoms with van der Waals surface area (Å²) in [5, 5.41) is 6.88. The highest BCUT2D eigenvalue weighted by molar-refractivity contribution is 6.01. The molecule has 3 fully saturated rings. The number of piperidine rings is 1.